The van der Waals surface area contributed by atoms with Crippen LogP contribution in [0.15, 0.2) is 48.7 Å². The second kappa shape index (κ2) is 7.67. The minimum absolute atomic E-state index is 0.261. The van der Waals surface area contributed by atoms with Gasteiger partial charge in [-0.15, -0.1) is 0 Å². The second-order valence-corrected chi connectivity index (χ2v) is 6.11. The summed E-state index contributed by atoms with van der Waals surface area (Å²) in [5, 5.41) is 6.03. The van der Waals surface area contributed by atoms with Gasteiger partial charge in [0.2, 0.25) is 0 Å². The fourth-order valence-corrected chi connectivity index (χ4v) is 2.44. The largest absolute Gasteiger partial charge is 0.340 e. The van der Waals surface area contributed by atoms with Gasteiger partial charge in [-0.25, -0.2) is 18.2 Å². The number of nitrogens with zero attached hydrogens (tertiary/aromatic N) is 1. The summed E-state index contributed by atoms with van der Waals surface area (Å²) in [6.07, 6.45) is 1.34. The molecule has 3 aromatic rings. The van der Waals surface area contributed by atoms with Crippen LogP contribution in [0, 0.1) is 24.4 Å². The van der Waals surface area contributed by atoms with Gasteiger partial charge in [-0.1, -0.05) is 17.7 Å². The first-order chi connectivity index (χ1) is 12.8. The molecule has 0 aliphatic heterocycles. The van der Waals surface area contributed by atoms with Crippen LogP contribution in [-0.4, -0.2) is 10.9 Å². The number of aromatic nitrogens is 1. The van der Waals surface area contributed by atoms with Crippen LogP contribution >= 0.6 is 11.6 Å². The number of hydrogen-bond acceptors (Lipinski definition) is 3. The van der Waals surface area contributed by atoms with Crippen molar-refractivity contribution >= 4 is 34.7 Å². The van der Waals surface area contributed by atoms with Gasteiger partial charge in [0.15, 0.2) is 17.5 Å². The smallest absolute Gasteiger partial charge is 0.258 e. The first kappa shape index (κ1) is 18.7. The highest BCUT2D eigenvalue weighted by Gasteiger charge is 2.18. The molecule has 0 unspecified atom stereocenters. The van der Waals surface area contributed by atoms with E-state index < -0.39 is 28.9 Å². The lowest BCUT2D eigenvalue weighted by Crippen LogP contribution is -2.15. The Bertz CT molecular complexity index is 1010. The van der Waals surface area contributed by atoms with E-state index in [4.69, 9.17) is 11.6 Å². The van der Waals surface area contributed by atoms with Gasteiger partial charge in [0.05, 0.1) is 17.4 Å². The Labute approximate surface area is 158 Å². The van der Waals surface area contributed by atoms with Crippen molar-refractivity contribution in [1.82, 2.24) is 4.98 Å². The fourth-order valence-electron chi connectivity index (χ4n) is 2.26. The van der Waals surface area contributed by atoms with Gasteiger partial charge < -0.3 is 10.6 Å². The molecular formula is C19H13ClF3N3O. The first-order valence-electron chi connectivity index (χ1n) is 7.79. The van der Waals surface area contributed by atoms with Crippen molar-refractivity contribution in [3.05, 3.63) is 82.3 Å². The number of pyridine rings is 1. The lowest BCUT2D eigenvalue weighted by Gasteiger charge is -2.09. The summed E-state index contributed by atoms with van der Waals surface area (Å²) < 4.78 is 39.9. The maximum absolute atomic E-state index is 13.7. The average Bonchev–Trinajstić information content (AvgIpc) is 2.64. The Morgan fingerprint density at radius 2 is 1.74 bits per heavy atom. The number of rotatable bonds is 4. The third kappa shape index (κ3) is 4.20. The minimum atomic E-state index is -1.70. The summed E-state index contributed by atoms with van der Waals surface area (Å²) in [4.78, 5) is 16.2. The topological polar surface area (TPSA) is 54.0 Å². The molecule has 0 fully saturated rings. The summed E-state index contributed by atoms with van der Waals surface area (Å²) in [6.45, 7) is 1.89. The molecule has 0 saturated heterocycles. The molecule has 4 nitrogen and oxygen atoms in total. The van der Waals surface area contributed by atoms with Crippen molar-refractivity contribution in [2.45, 2.75) is 6.92 Å². The maximum Gasteiger partial charge on any atom is 0.258 e. The lowest BCUT2D eigenvalue weighted by atomic mass is 10.2. The molecule has 0 radical (unpaired) electrons. The minimum Gasteiger partial charge on any atom is -0.340 e. The molecule has 3 rings (SSSR count). The monoisotopic (exact) mass is 391 g/mol. The van der Waals surface area contributed by atoms with Gasteiger partial charge in [-0.2, -0.15) is 0 Å². The standard InChI is InChI=1S/C19H13ClF3N3O/c1-10-2-3-11(8-14(10)20)25-16-7-4-12(9-24-16)26-19(27)13-5-6-15(21)18(23)17(13)22/h2-9H,1H3,(H,24,25)(H,26,27). The van der Waals surface area contributed by atoms with Crippen molar-refractivity contribution < 1.29 is 18.0 Å². The van der Waals surface area contributed by atoms with E-state index in [9.17, 15) is 18.0 Å². The second-order valence-electron chi connectivity index (χ2n) is 5.70. The Hall–Kier alpha value is -3.06. The fraction of sp³-hybridized carbons (Fsp3) is 0.0526. The lowest BCUT2D eigenvalue weighted by molar-refractivity contribution is 0.102. The summed E-state index contributed by atoms with van der Waals surface area (Å²) in [5.41, 5.74) is 1.33. The number of halogens is 4. The highest BCUT2D eigenvalue weighted by molar-refractivity contribution is 6.31. The number of anilines is 3. The number of hydrogen-bond donors (Lipinski definition) is 2. The van der Waals surface area contributed by atoms with E-state index in [0.29, 0.717) is 16.9 Å². The molecule has 0 bridgehead atoms. The first-order valence-corrected chi connectivity index (χ1v) is 8.17. The molecule has 138 valence electrons. The zero-order valence-electron chi connectivity index (χ0n) is 14.0. The summed E-state index contributed by atoms with van der Waals surface area (Å²) in [7, 11) is 0. The van der Waals surface area contributed by atoms with Crippen molar-refractivity contribution in [2.75, 3.05) is 10.6 Å². The van der Waals surface area contributed by atoms with Crippen LogP contribution in [0.25, 0.3) is 0 Å². The molecule has 0 spiro atoms. The van der Waals surface area contributed by atoms with Crippen LogP contribution in [0.5, 0.6) is 0 Å². The Kier molecular flexibility index (Phi) is 5.32. The molecule has 0 aliphatic carbocycles. The van der Waals surface area contributed by atoms with Crippen LogP contribution in [0.4, 0.5) is 30.4 Å². The number of nitrogens with one attached hydrogen (secondary N) is 2. The highest BCUT2D eigenvalue weighted by Crippen LogP contribution is 2.23. The molecule has 2 aromatic carbocycles. The van der Waals surface area contributed by atoms with Gasteiger partial charge in [0.25, 0.3) is 5.91 Å². The molecular weight excluding hydrogens is 379 g/mol. The Balaban J connectivity index is 1.71. The van der Waals surface area contributed by atoms with Crippen LogP contribution in [-0.2, 0) is 0 Å². The van der Waals surface area contributed by atoms with Crippen molar-refractivity contribution in [2.24, 2.45) is 0 Å². The van der Waals surface area contributed by atoms with Crippen LogP contribution in [0.1, 0.15) is 15.9 Å². The van der Waals surface area contributed by atoms with Gasteiger partial charge in [-0.3, -0.25) is 4.79 Å². The highest BCUT2D eigenvalue weighted by atomic mass is 35.5. The SMILES string of the molecule is Cc1ccc(Nc2ccc(NC(=O)c3ccc(F)c(F)c3F)cn2)cc1Cl. The quantitative estimate of drug-likeness (QED) is 0.581. The van der Waals surface area contributed by atoms with E-state index in [1.807, 2.05) is 19.1 Å². The van der Waals surface area contributed by atoms with Crippen LogP contribution < -0.4 is 10.6 Å². The van der Waals surface area contributed by atoms with Gasteiger partial charge >= 0.3 is 0 Å². The Morgan fingerprint density at radius 3 is 2.41 bits per heavy atom. The van der Waals surface area contributed by atoms with E-state index in [1.54, 1.807) is 12.1 Å². The third-order valence-electron chi connectivity index (χ3n) is 3.75. The van der Waals surface area contributed by atoms with Crippen LogP contribution in [0.2, 0.25) is 5.02 Å². The number of carbonyl (C=O) groups is 1. The molecule has 8 heteroatoms. The average molecular weight is 392 g/mol. The molecule has 0 aliphatic rings. The molecule has 2 N–H and O–H groups in total. The van der Waals surface area contributed by atoms with E-state index >= 15 is 0 Å². The summed E-state index contributed by atoms with van der Waals surface area (Å²) >= 11 is 6.07. The summed E-state index contributed by atoms with van der Waals surface area (Å²) in [5.74, 6) is -5.03. The third-order valence-corrected chi connectivity index (χ3v) is 4.15. The van der Waals surface area contributed by atoms with Gasteiger partial charge in [-0.05, 0) is 48.9 Å². The molecule has 0 atom stereocenters. The van der Waals surface area contributed by atoms with E-state index in [-0.39, 0.29) is 5.69 Å². The summed E-state index contributed by atoms with van der Waals surface area (Å²) in [6, 6.07) is 10.1. The van der Waals surface area contributed by atoms with Gasteiger partial charge in [0.1, 0.15) is 5.82 Å². The van der Waals surface area contributed by atoms with E-state index in [0.717, 1.165) is 17.3 Å². The predicted octanol–water partition coefficient (Wildman–Crippen LogP) is 5.46. The Morgan fingerprint density at radius 1 is 1.00 bits per heavy atom. The van der Waals surface area contributed by atoms with E-state index in [2.05, 4.69) is 15.6 Å². The number of amides is 1. The van der Waals surface area contributed by atoms with Gasteiger partial charge in [0, 0.05) is 10.7 Å². The number of benzene rings is 2. The number of aryl methyl sites for hydroxylation is 1. The van der Waals surface area contributed by atoms with E-state index in [1.165, 1.54) is 12.3 Å². The van der Waals surface area contributed by atoms with Crippen molar-refractivity contribution in [3.63, 3.8) is 0 Å². The zero-order valence-corrected chi connectivity index (χ0v) is 14.7. The molecule has 27 heavy (non-hydrogen) atoms. The molecule has 1 heterocycles. The number of carbonyl (C=O) groups excluding carboxylic acids is 1. The molecule has 1 amide bonds. The normalized spacial score (nSPS) is 10.6. The van der Waals surface area contributed by atoms with Crippen LogP contribution in [0.3, 0.4) is 0 Å². The van der Waals surface area contributed by atoms with Crippen molar-refractivity contribution in [3.8, 4) is 0 Å². The molecule has 1 aromatic heterocycles. The zero-order chi connectivity index (χ0) is 19.6. The molecule has 0 saturated carbocycles. The predicted molar refractivity (Wildman–Crippen MR) is 98.0 cm³/mol. The maximum atomic E-state index is 13.7. The van der Waals surface area contributed by atoms with Crippen molar-refractivity contribution in [1.29, 1.82) is 0 Å².